The monoisotopic (exact) mass is 454 g/mol. The number of ether oxygens (including phenoxy) is 2. The molecule has 1 amide bonds. The van der Waals surface area contributed by atoms with Crippen LogP contribution in [0.3, 0.4) is 0 Å². The molecule has 0 aromatic carbocycles. The van der Waals surface area contributed by atoms with Crippen molar-refractivity contribution in [2.75, 3.05) is 43.1 Å². The number of nitrogens with zero attached hydrogens (tertiary/aromatic N) is 3. The molecule has 8 nitrogen and oxygen atoms in total. The Morgan fingerprint density at radius 1 is 1.21 bits per heavy atom. The molecule has 0 saturated carbocycles. The van der Waals surface area contributed by atoms with Gasteiger partial charge in [-0.1, -0.05) is 13.8 Å². The highest BCUT2D eigenvalue weighted by atomic mass is 16.5. The molecule has 1 N–H and O–H groups in total. The van der Waals surface area contributed by atoms with E-state index in [1.54, 1.807) is 17.8 Å². The van der Waals surface area contributed by atoms with Crippen LogP contribution in [0.5, 0.6) is 0 Å². The summed E-state index contributed by atoms with van der Waals surface area (Å²) >= 11 is 0. The highest BCUT2D eigenvalue weighted by Crippen LogP contribution is 2.29. The average molecular weight is 455 g/mol. The normalized spacial score (nSPS) is 21.3. The van der Waals surface area contributed by atoms with Gasteiger partial charge in [0.25, 0.3) is 5.56 Å². The molecule has 8 heteroatoms. The number of morpholine rings is 1. The van der Waals surface area contributed by atoms with Crippen molar-refractivity contribution >= 4 is 17.3 Å². The number of anilines is 2. The summed E-state index contributed by atoms with van der Waals surface area (Å²) in [7, 11) is 1.76. The third-order valence-corrected chi connectivity index (χ3v) is 6.61. The van der Waals surface area contributed by atoms with Gasteiger partial charge in [0.1, 0.15) is 5.69 Å². The van der Waals surface area contributed by atoms with E-state index in [1.165, 1.54) is 0 Å². The summed E-state index contributed by atoms with van der Waals surface area (Å²) in [6.07, 6.45) is 5.10. The van der Waals surface area contributed by atoms with Crippen LogP contribution >= 0.6 is 0 Å². The van der Waals surface area contributed by atoms with Crippen LogP contribution in [0.15, 0.2) is 29.3 Å². The van der Waals surface area contributed by atoms with Crippen molar-refractivity contribution in [3.63, 3.8) is 0 Å². The van der Waals surface area contributed by atoms with E-state index in [2.05, 4.69) is 29.0 Å². The quantitative estimate of drug-likeness (QED) is 0.748. The van der Waals surface area contributed by atoms with Gasteiger partial charge in [-0.15, -0.1) is 0 Å². The Kier molecular flexibility index (Phi) is 7.14. The van der Waals surface area contributed by atoms with Crippen LogP contribution in [-0.2, 0) is 21.3 Å². The first-order chi connectivity index (χ1) is 15.8. The zero-order chi connectivity index (χ0) is 23.5. The van der Waals surface area contributed by atoms with Crippen molar-refractivity contribution in [3.05, 3.63) is 40.6 Å². The Morgan fingerprint density at radius 3 is 2.70 bits per heavy atom. The molecular weight excluding hydrogens is 420 g/mol. The lowest BCUT2D eigenvalue weighted by Gasteiger charge is -2.31. The number of nitrogens with one attached hydrogen (secondary N) is 1. The van der Waals surface area contributed by atoms with Gasteiger partial charge in [0, 0.05) is 55.7 Å². The lowest BCUT2D eigenvalue weighted by Crippen LogP contribution is -2.40. The summed E-state index contributed by atoms with van der Waals surface area (Å²) in [6.45, 7) is 9.40. The highest BCUT2D eigenvalue weighted by molar-refractivity contribution is 5.93. The largest absolute Gasteiger partial charge is 0.378 e. The summed E-state index contributed by atoms with van der Waals surface area (Å²) in [5.41, 5.74) is 3.92. The van der Waals surface area contributed by atoms with Gasteiger partial charge in [0.15, 0.2) is 0 Å². The predicted molar refractivity (Wildman–Crippen MR) is 129 cm³/mol. The smallest absolute Gasteiger partial charge is 0.273 e. The average Bonchev–Trinajstić information content (AvgIpc) is 2.82. The third-order valence-electron chi connectivity index (χ3n) is 6.61. The molecule has 0 aliphatic carbocycles. The Bertz CT molecular complexity index is 1060. The second-order valence-electron chi connectivity index (χ2n) is 9.35. The molecule has 2 aromatic heterocycles. The number of hydrogen-bond donors (Lipinski definition) is 1. The SMILES string of the molecule is Cc1ncc(NC(=O)C2CCOC(C(C)C)C2)cc1-c1cc(N2CCOCC2)c(=O)n(C)c1. The molecule has 2 saturated heterocycles. The van der Waals surface area contributed by atoms with Crippen LogP contribution in [0.2, 0.25) is 0 Å². The number of aromatic nitrogens is 2. The minimum absolute atomic E-state index is 0.00928. The first-order valence-electron chi connectivity index (χ1n) is 11.8. The molecule has 33 heavy (non-hydrogen) atoms. The molecule has 2 aromatic rings. The molecule has 2 fully saturated rings. The Morgan fingerprint density at radius 2 is 1.97 bits per heavy atom. The Labute approximate surface area is 194 Å². The highest BCUT2D eigenvalue weighted by Gasteiger charge is 2.29. The second kappa shape index (κ2) is 10.1. The van der Waals surface area contributed by atoms with E-state index in [1.807, 2.05) is 25.3 Å². The molecule has 2 aliphatic heterocycles. The van der Waals surface area contributed by atoms with E-state index in [0.29, 0.717) is 50.2 Å². The van der Waals surface area contributed by atoms with Crippen LogP contribution in [-0.4, -0.2) is 54.5 Å². The lowest BCUT2D eigenvalue weighted by atomic mass is 9.89. The number of pyridine rings is 2. The standard InChI is InChI=1S/C25H34N4O4/c1-16(2)23-12-18(5-8-33-23)24(30)27-20-13-21(17(3)26-14-20)19-11-22(25(31)28(4)15-19)29-6-9-32-10-7-29/h11,13-16,18,23H,5-10,12H2,1-4H3,(H,27,30). The lowest BCUT2D eigenvalue weighted by molar-refractivity contribution is -0.126. The van der Waals surface area contributed by atoms with E-state index >= 15 is 0 Å². The van der Waals surface area contributed by atoms with Crippen molar-refractivity contribution in [2.24, 2.45) is 18.9 Å². The molecule has 2 aliphatic rings. The van der Waals surface area contributed by atoms with Crippen LogP contribution in [0.4, 0.5) is 11.4 Å². The molecule has 2 unspecified atom stereocenters. The summed E-state index contributed by atoms with van der Waals surface area (Å²) in [6, 6.07) is 3.87. The van der Waals surface area contributed by atoms with E-state index in [0.717, 1.165) is 29.7 Å². The van der Waals surface area contributed by atoms with Gasteiger partial charge in [-0.2, -0.15) is 0 Å². The molecule has 0 bridgehead atoms. The number of aryl methyl sites for hydroxylation is 2. The van der Waals surface area contributed by atoms with E-state index in [-0.39, 0.29) is 23.5 Å². The molecular formula is C25H34N4O4. The van der Waals surface area contributed by atoms with Gasteiger partial charge >= 0.3 is 0 Å². The third kappa shape index (κ3) is 5.28. The minimum atomic E-state index is -0.0682. The first-order valence-corrected chi connectivity index (χ1v) is 11.8. The second-order valence-corrected chi connectivity index (χ2v) is 9.35. The fraction of sp³-hybridized carbons (Fsp3) is 0.560. The zero-order valence-corrected chi connectivity index (χ0v) is 20.0. The predicted octanol–water partition coefficient (Wildman–Crippen LogP) is 2.98. The number of amides is 1. The topological polar surface area (TPSA) is 85.7 Å². The van der Waals surface area contributed by atoms with E-state index in [4.69, 9.17) is 9.47 Å². The summed E-state index contributed by atoms with van der Waals surface area (Å²) in [4.78, 5) is 32.4. The molecule has 4 heterocycles. The fourth-order valence-electron chi connectivity index (χ4n) is 4.54. The number of carbonyl (C=O) groups excluding carboxylic acids is 1. The Hall–Kier alpha value is -2.71. The maximum absolute atomic E-state index is 13.0. The Balaban J connectivity index is 1.58. The molecule has 4 rings (SSSR count). The van der Waals surface area contributed by atoms with Gasteiger partial charge in [-0.3, -0.25) is 14.6 Å². The van der Waals surface area contributed by atoms with Gasteiger partial charge < -0.3 is 24.3 Å². The van der Waals surface area contributed by atoms with E-state index < -0.39 is 0 Å². The summed E-state index contributed by atoms with van der Waals surface area (Å²) in [5.74, 6) is 0.329. The van der Waals surface area contributed by atoms with Crippen molar-refractivity contribution in [2.45, 2.75) is 39.7 Å². The maximum Gasteiger partial charge on any atom is 0.273 e. The van der Waals surface area contributed by atoms with Crippen LogP contribution in [0.25, 0.3) is 11.1 Å². The number of carbonyl (C=O) groups is 1. The summed E-state index contributed by atoms with van der Waals surface area (Å²) < 4.78 is 12.9. The fourth-order valence-corrected chi connectivity index (χ4v) is 4.54. The number of rotatable bonds is 5. The maximum atomic E-state index is 13.0. The van der Waals surface area contributed by atoms with Crippen LogP contribution in [0.1, 0.15) is 32.4 Å². The molecule has 0 radical (unpaired) electrons. The first kappa shape index (κ1) is 23.4. The van der Waals surface area contributed by atoms with Crippen molar-refractivity contribution in [3.8, 4) is 11.1 Å². The van der Waals surface area contributed by atoms with Gasteiger partial charge in [-0.05, 0) is 37.8 Å². The van der Waals surface area contributed by atoms with Gasteiger partial charge in [0.05, 0.1) is 31.2 Å². The molecule has 178 valence electrons. The van der Waals surface area contributed by atoms with E-state index in [9.17, 15) is 9.59 Å². The van der Waals surface area contributed by atoms with Gasteiger partial charge in [-0.25, -0.2) is 0 Å². The van der Waals surface area contributed by atoms with Crippen molar-refractivity contribution < 1.29 is 14.3 Å². The van der Waals surface area contributed by atoms with Crippen molar-refractivity contribution in [1.82, 2.24) is 9.55 Å². The van der Waals surface area contributed by atoms with Crippen LogP contribution in [0, 0.1) is 18.8 Å². The molecule has 0 spiro atoms. The minimum Gasteiger partial charge on any atom is -0.378 e. The number of hydrogen-bond acceptors (Lipinski definition) is 6. The van der Waals surface area contributed by atoms with Crippen molar-refractivity contribution in [1.29, 1.82) is 0 Å². The molecule has 2 atom stereocenters. The van der Waals surface area contributed by atoms with Crippen LogP contribution < -0.4 is 15.8 Å². The van der Waals surface area contributed by atoms with Gasteiger partial charge in [0.2, 0.25) is 5.91 Å². The zero-order valence-electron chi connectivity index (χ0n) is 20.0. The summed E-state index contributed by atoms with van der Waals surface area (Å²) in [5, 5.41) is 3.06.